The highest BCUT2D eigenvalue weighted by molar-refractivity contribution is 5.90. The van der Waals surface area contributed by atoms with E-state index in [-0.39, 0.29) is 18.6 Å². The Morgan fingerprint density at radius 3 is 2.00 bits per heavy atom. The van der Waals surface area contributed by atoms with Crippen LogP contribution in [-0.4, -0.2) is 64.0 Å². The number of ether oxygens (including phenoxy) is 4. The molecule has 0 aliphatic carbocycles. The molecule has 0 unspecified atom stereocenters. The van der Waals surface area contributed by atoms with Crippen LogP contribution in [0.5, 0.6) is 11.5 Å². The topological polar surface area (TPSA) is 166 Å². The van der Waals surface area contributed by atoms with Crippen LogP contribution in [0.25, 0.3) is 0 Å². The molecular weight excluding hydrogens is 608 g/mol. The van der Waals surface area contributed by atoms with Crippen LogP contribution in [-0.2, 0) is 24.7 Å². The molecule has 5 rings (SSSR count). The Kier molecular flexibility index (Phi) is 9.75. The van der Waals surface area contributed by atoms with Crippen LogP contribution < -0.4 is 20.7 Å². The Labute approximate surface area is 270 Å². The zero-order valence-corrected chi connectivity index (χ0v) is 26.2. The number of hydrogen-bond acceptors (Lipinski definition) is 9. The maximum absolute atomic E-state index is 13.5. The van der Waals surface area contributed by atoms with Gasteiger partial charge < -0.3 is 29.2 Å². The van der Waals surface area contributed by atoms with Crippen molar-refractivity contribution in [2.75, 3.05) is 20.8 Å². The van der Waals surface area contributed by atoms with E-state index < -0.39 is 59.4 Å². The van der Waals surface area contributed by atoms with Crippen molar-refractivity contribution in [2.24, 2.45) is 0 Å². The fraction of sp³-hybridized carbons (Fsp3) is 0.314. The van der Waals surface area contributed by atoms with Crippen molar-refractivity contribution < 1.29 is 38.7 Å². The van der Waals surface area contributed by atoms with E-state index in [4.69, 9.17) is 18.9 Å². The Hall–Kier alpha value is -5.04. The van der Waals surface area contributed by atoms with Crippen LogP contribution in [0.15, 0.2) is 94.6 Å². The average Bonchev–Trinajstić information content (AvgIpc) is 3.43. The van der Waals surface area contributed by atoms with Gasteiger partial charge in [0.1, 0.15) is 29.4 Å². The number of nitrogens with one attached hydrogen (secondary N) is 1. The number of Topliss-reactive ketones (excluding diaryl/α,β-unsaturated/α-hetero) is 1. The SMILES string of the molecule is COc1ccc(C(OC[C@@H]2O[C@H](n3cc(C)c(=O)[nH]c3=O)C[C@]2(O)C(=O)CCC(=O)O)(c2ccccc2)c2ccc(OC)cc2)cc1. The molecule has 1 aliphatic heterocycles. The molecule has 1 aromatic heterocycles. The molecule has 0 amide bonds. The van der Waals surface area contributed by atoms with Crippen LogP contribution in [0.1, 0.15) is 47.7 Å². The fourth-order valence-electron chi connectivity index (χ4n) is 5.89. The number of carboxylic acid groups (broad SMARTS) is 1. The Bertz CT molecular complexity index is 1790. The van der Waals surface area contributed by atoms with E-state index >= 15 is 0 Å². The molecule has 1 saturated heterocycles. The van der Waals surface area contributed by atoms with Gasteiger partial charge in [0, 0.05) is 24.6 Å². The summed E-state index contributed by atoms with van der Waals surface area (Å²) in [6.07, 6.45) is -2.58. The lowest BCUT2D eigenvalue weighted by molar-refractivity contribution is -0.155. The summed E-state index contributed by atoms with van der Waals surface area (Å²) in [6.45, 7) is 1.14. The number of carbonyl (C=O) groups is 2. The molecule has 3 atom stereocenters. The van der Waals surface area contributed by atoms with Gasteiger partial charge in [-0.25, -0.2) is 4.79 Å². The molecule has 12 heteroatoms. The maximum Gasteiger partial charge on any atom is 0.330 e. The number of benzene rings is 3. The Morgan fingerprint density at radius 2 is 1.47 bits per heavy atom. The maximum atomic E-state index is 13.5. The van der Waals surface area contributed by atoms with Gasteiger partial charge in [0.15, 0.2) is 11.4 Å². The van der Waals surface area contributed by atoms with E-state index in [1.54, 1.807) is 38.5 Å². The molecule has 1 fully saturated rings. The quantitative estimate of drug-likeness (QED) is 0.184. The Morgan fingerprint density at radius 1 is 0.915 bits per heavy atom. The van der Waals surface area contributed by atoms with Gasteiger partial charge in [-0.05, 0) is 47.9 Å². The lowest BCUT2D eigenvalue weighted by Gasteiger charge is -2.38. The van der Waals surface area contributed by atoms with Gasteiger partial charge in [-0.15, -0.1) is 0 Å². The van der Waals surface area contributed by atoms with Crippen molar-refractivity contribution in [1.82, 2.24) is 9.55 Å². The van der Waals surface area contributed by atoms with Gasteiger partial charge in [0.2, 0.25) is 0 Å². The summed E-state index contributed by atoms with van der Waals surface area (Å²) in [6, 6.07) is 23.9. The number of aliphatic hydroxyl groups is 1. The number of nitrogens with zero attached hydrogens (tertiary/aromatic N) is 1. The van der Waals surface area contributed by atoms with Gasteiger partial charge in [0.05, 0.1) is 27.2 Å². The number of rotatable bonds is 13. The van der Waals surface area contributed by atoms with Crippen molar-refractivity contribution in [3.8, 4) is 11.5 Å². The van der Waals surface area contributed by atoms with E-state index in [9.17, 15) is 29.4 Å². The van der Waals surface area contributed by atoms with Crippen LogP contribution in [0.4, 0.5) is 0 Å². The van der Waals surface area contributed by atoms with Crippen molar-refractivity contribution in [1.29, 1.82) is 0 Å². The van der Waals surface area contributed by atoms with E-state index in [2.05, 4.69) is 4.98 Å². The number of H-pyrrole nitrogens is 1. The molecule has 3 aromatic carbocycles. The number of hydrogen-bond donors (Lipinski definition) is 3. The fourth-order valence-corrected chi connectivity index (χ4v) is 5.89. The average molecular weight is 645 g/mol. The third-order valence-electron chi connectivity index (χ3n) is 8.47. The summed E-state index contributed by atoms with van der Waals surface area (Å²) in [4.78, 5) is 51.9. The molecule has 47 heavy (non-hydrogen) atoms. The number of aromatic amines is 1. The molecule has 0 spiro atoms. The number of carboxylic acids is 1. The second kappa shape index (κ2) is 13.8. The first kappa shape index (κ1) is 33.3. The molecular formula is C35H36N2O10. The van der Waals surface area contributed by atoms with Crippen LogP contribution >= 0.6 is 0 Å². The van der Waals surface area contributed by atoms with Crippen LogP contribution in [0, 0.1) is 6.92 Å². The second-order valence-corrected chi connectivity index (χ2v) is 11.3. The number of ketones is 1. The lowest BCUT2D eigenvalue weighted by atomic mass is 9.79. The molecule has 0 bridgehead atoms. The lowest BCUT2D eigenvalue weighted by Crippen LogP contribution is -2.50. The van der Waals surface area contributed by atoms with Gasteiger partial charge in [-0.3, -0.25) is 23.9 Å². The first-order chi connectivity index (χ1) is 22.5. The molecule has 0 radical (unpaired) electrons. The summed E-state index contributed by atoms with van der Waals surface area (Å²) in [5, 5.41) is 21.2. The van der Waals surface area contributed by atoms with Gasteiger partial charge in [-0.2, -0.15) is 0 Å². The Balaban J connectivity index is 1.62. The summed E-state index contributed by atoms with van der Waals surface area (Å²) in [5.41, 5.74) is -2.60. The van der Waals surface area contributed by atoms with Crippen LogP contribution in [0.2, 0.25) is 0 Å². The molecule has 3 N–H and O–H groups in total. The summed E-state index contributed by atoms with van der Waals surface area (Å²) in [5.74, 6) is -0.746. The second-order valence-electron chi connectivity index (χ2n) is 11.3. The summed E-state index contributed by atoms with van der Waals surface area (Å²) in [7, 11) is 3.12. The van der Waals surface area contributed by atoms with Crippen molar-refractivity contribution in [3.63, 3.8) is 0 Å². The van der Waals surface area contributed by atoms with Gasteiger partial charge >= 0.3 is 11.7 Å². The minimum Gasteiger partial charge on any atom is -0.497 e. The van der Waals surface area contributed by atoms with E-state index in [1.807, 2.05) is 54.6 Å². The molecule has 2 heterocycles. The highest BCUT2D eigenvalue weighted by Gasteiger charge is 2.54. The first-order valence-electron chi connectivity index (χ1n) is 15.0. The number of aliphatic carboxylic acids is 1. The normalized spacial score (nSPS) is 19.3. The monoisotopic (exact) mass is 644 g/mol. The largest absolute Gasteiger partial charge is 0.497 e. The number of methoxy groups -OCH3 is 2. The zero-order chi connectivity index (χ0) is 33.8. The predicted octanol–water partition coefficient (Wildman–Crippen LogP) is 3.32. The van der Waals surface area contributed by atoms with E-state index in [0.29, 0.717) is 22.6 Å². The first-order valence-corrected chi connectivity index (χ1v) is 15.0. The molecule has 4 aromatic rings. The molecule has 246 valence electrons. The summed E-state index contributed by atoms with van der Waals surface area (Å²) < 4.78 is 25.0. The van der Waals surface area contributed by atoms with Crippen molar-refractivity contribution >= 4 is 11.8 Å². The van der Waals surface area contributed by atoms with E-state index in [0.717, 1.165) is 10.1 Å². The third-order valence-corrected chi connectivity index (χ3v) is 8.47. The van der Waals surface area contributed by atoms with Crippen LogP contribution in [0.3, 0.4) is 0 Å². The zero-order valence-electron chi connectivity index (χ0n) is 26.2. The standard InChI is InChI=1S/C35H36N2O10/c1-22-20-37(33(42)36-32(22)41)30-19-34(43,28(38)17-18-31(39)40)29(47-30)21-46-35(23-7-5-4-6-8-23,24-9-13-26(44-2)14-10-24)25-11-15-27(45-3)16-12-25/h4-16,20,29-30,43H,17-19,21H2,1-3H3,(H,39,40)(H,36,41,42)/t29-,30-,34-/m0/s1. The summed E-state index contributed by atoms with van der Waals surface area (Å²) >= 11 is 0. The van der Waals surface area contributed by atoms with Gasteiger partial charge in [-0.1, -0.05) is 54.6 Å². The molecule has 1 aliphatic rings. The number of aromatic nitrogens is 2. The highest BCUT2D eigenvalue weighted by atomic mass is 16.6. The van der Waals surface area contributed by atoms with Crippen molar-refractivity contribution in [2.45, 2.75) is 49.7 Å². The van der Waals surface area contributed by atoms with Crippen molar-refractivity contribution in [3.05, 3.63) is 128 Å². The van der Waals surface area contributed by atoms with Gasteiger partial charge in [0.25, 0.3) is 5.56 Å². The minimum absolute atomic E-state index is 0.218. The molecule has 0 saturated carbocycles. The van der Waals surface area contributed by atoms with E-state index in [1.165, 1.54) is 13.1 Å². The molecule has 12 nitrogen and oxygen atoms in total. The number of carbonyl (C=O) groups excluding carboxylic acids is 1. The predicted molar refractivity (Wildman–Crippen MR) is 170 cm³/mol. The minimum atomic E-state index is -2.23. The highest BCUT2D eigenvalue weighted by Crippen LogP contribution is 2.44. The smallest absolute Gasteiger partial charge is 0.330 e. The number of aryl methyl sites for hydroxylation is 1. The third kappa shape index (κ3) is 6.61.